The van der Waals surface area contributed by atoms with Gasteiger partial charge in [-0.2, -0.15) is 9.61 Å². The van der Waals surface area contributed by atoms with Gasteiger partial charge in [-0.05, 0) is 18.2 Å². The third-order valence-corrected chi connectivity index (χ3v) is 3.47. The molecule has 2 aromatic heterocycles. The average molecular weight is 296 g/mol. The van der Waals surface area contributed by atoms with E-state index in [-0.39, 0.29) is 0 Å². The second kappa shape index (κ2) is 3.53. The minimum atomic E-state index is 0.704. The van der Waals surface area contributed by atoms with Crippen LogP contribution in [0, 0.1) is 0 Å². The minimum Gasteiger partial charge on any atom is -0.399 e. The Balaban J connectivity index is 2.18. The van der Waals surface area contributed by atoms with Gasteiger partial charge >= 0.3 is 0 Å². The van der Waals surface area contributed by atoms with E-state index in [9.17, 15) is 0 Å². The third kappa shape index (κ3) is 1.57. The summed E-state index contributed by atoms with van der Waals surface area (Å²) in [5, 5.41) is 12.9. The molecule has 2 heterocycles. The van der Waals surface area contributed by atoms with Crippen molar-refractivity contribution in [3.8, 4) is 10.6 Å². The summed E-state index contributed by atoms with van der Waals surface area (Å²) in [6.45, 7) is 0. The number of rotatable bonds is 1. The molecule has 16 heavy (non-hydrogen) atoms. The van der Waals surface area contributed by atoms with Gasteiger partial charge in [-0.1, -0.05) is 27.3 Å². The van der Waals surface area contributed by atoms with Crippen molar-refractivity contribution < 1.29 is 0 Å². The Morgan fingerprint density at radius 1 is 1.31 bits per heavy atom. The highest BCUT2D eigenvalue weighted by molar-refractivity contribution is 9.10. The summed E-state index contributed by atoms with van der Waals surface area (Å²) in [6, 6.07) is 5.71. The molecule has 2 N–H and O–H groups in total. The molecule has 5 nitrogen and oxygen atoms in total. The van der Waals surface area contributed by atoms with Crippen molar-refractivity contribution in [2.24, 2.45) is 0 Å². The number of benzene rings is 1. The molecular weight excluding hydrogens is 290 g/mol. The lowest BCUT2D eigenvalue weighted by Gasteiger charge is -1.99. The van der Waals surface area contributed by atoms with Gasteiger partial charge in [0.1, 0.15) is 11.3 Å². The number of hydrogen-bond donors (Lipinski definition) is 1. The van der Waals surface area contributed by atoms with Crippen LogP contribution in [0.2, 0.25) is 0 Å². The Hall–Kier alpha value is -1.47. The van der Waals surface area contributed by atoms with Gasteiger partial charge in [0.15, 0.2) is 0 Å². The molecule has 0 radical (unpaired) electrons. The quantitative estimate of drug-likeness (QED) is 0.699. The molecule has 0 aliphatic carbocycles. The predicted octanol–water partition coefficient (Wildman–Crippen LogP) is 2.20. The molecule has 0 saturated carbocycles. The first-order chi connectivity index (χ1) is 7.72. The summed E-state index contributed by atoms with van der Waals surface area (Å²) in [5.74, 6) is 0. The third-order valence-electron chi connectivity index (χ3n) is 2.05. The second-order valence-corrected chi connectivity index (χ2v) is 5.11. The van der Waals surface area contributed by atoms with E-state index in [1.165, 1.54) is 11.3 Å². The topological polar surface area (TPSA) is 69.1 Å². The molecule has 0 fully saturated rings. The lowest BCUT2D eigenvalue weighted by atomic mass is 10.2. The van der Waals surface area contributed by atoms with Crippen molar-refractivity contribution >= 4 is 37.9 Å². The average Bonchev–Trinajstić information content (AvgIpc) is 2.74. The summed E-state index contributed by atoms with van der Waals surface area (Å²) >= 11 is 4.88. The number of anilines is 1. The Morgan fingerprint density at radius 3 is 2.94 bits per heavy atom. The number of hydrogen-bond acceptors (Lipinski definition) is 5. The Kier molecular flexibility index (Phi) is 2.15. The van der Waals surface area contributed by atoms with Gasteiger partial charge in [0, 0.05) is 15.7 Å². The van der Waals surface area contributed by atoms with Crippen molar-refractivity contribution in [1.82, 2.24) is 19.8 Å². The largest absolute Gasteiger partial charge is 0.399 e. The molecule has 0 atom stereocenters. The summed E-state index contributed by atoms with van der Waals surface area (Å²) in [7, 11) is 0. The summed E-state index contributed by atoms with van der Waals surface area (Å²) in [6.07, 6.45) is 1.58. The maximum absolute atomic E-state index is 5.78. The molecule has 0 aliphatic heterocycles. The number of halogens is 1. The highest BCUT2D eigenvalue weighted by Gasteiger charge is 2.08. The van der Waals surface area contributed by atoms with Crippen LogP contribution in [0.5, 0.6) is 0 Å². The maximum atomic E-state index is 5.78. The van der Waals surface area contributed by atoms with Crippen molar-refractivity contribution in [3.05, 3.63) is 29.0 Å². The number of nitrogens with zero attached hydrogens (tertiary/aromatic N) is 4. The van der Waals surface area contributed by atoms with Gasteiger partial charge in [0.25, 0.3) is 0 Å². The van der Waals surface area contributed by atoms with E-state index >= 15 is 0 Å². The van der Waals surface area contributed by atoms with Crippen LogP contribution in [0.15, 0.2) is 29.0 Å². The summed E-state index contributed by atoms with van der Waals surface area (Å²) in [5.41, 5.74) is 7.46. The molecule has 0 bridgehead atoms. The van der Waals surface area contributed by atoms with Crippen molar-refractivity contribution in [1.29, 1.82) is 0 Å². The maximum Gasteiger partial charge on any atom is 0.234 e. The van der Waals surface area contributed by atoms with Crippen LogP contribution in [-0.2, 0) is 0 Å². The molecule has 0 amide bonds. The van der Waals surface area contributed by atoms with Crippen LogP contribution >= 0.6 is 27.3 Å². The van der Waals surface area contributed by atoms with E-state index in [4.69, 9.17) is 5.73 Å². The standard InChI is InChI=1S/C9H6BrN5S/c10-6-1-5(2-7(11)3-6)8-14-15-4-12-13-9(15)16-8/h1-4H,11H2. The van der Waals surface area contributed by atoms with E-state index < -0.39 is 0 Å². The zero-order valence-corrected chi connectivity index (χ0v) is 10.4. The first kappa shape index (κ1) is 9.73. The zero-order chi connectivity index (χ0) is 11.1. The number of aromatic nitrogens is 4. The number of nitrogen functional groups attached to an aromatic ring is 1. The highest BCUT2D eigenvalue weighted by atomic mass is 79.9. The molecular formula is C9H6BrN5S. The normalized spacial score (nSPS) is 11.1. The molecule has 0 aliphatic rings. The molecule has 3 rings (SSSR count). The van der Waals surface area contributed by atoms with Gasteiger partial charge in [0.2, 0.25) is 4.96 Å². The smallest absolute Gasteiger partial charge is 0.234 e. The Morgan fingerprint density at radius 2 is 2.19 bits per heavy atom. The van der Waals surface area contributed by atoms with Gasteiger partial charge < -0.3 is 5.73 Å². The summed E-state index contributed by atoms with van der Waals surface area (Å²) < 4.78 is 2.59. The van der Waals surface area contributed by atoms with E-state index in [0.717, 1.165) is 20.0 Å². The van der Waals surface area contributed by atoms with Crippen LogP contribution in [0.3, 0.4) is 0 Å². The zero-order valence-electron chi connectivity index (χ0n) is 7.96. The van der Waals surface area contributed by atoms with Crippen LogP contribution in [-0.4, -0.2) is 19.8 Å². The van der Waals surface area contributed by atoms with E-state index in [1.807, 2.05) is 18.2 Å². The lowest BCUT2D eigenvalue weighted by molar-refractivity contribution is 0.960. The van der Waals surface area contributed by atoms with E-state index in [1.54, 1.807) is 10.8 Å². The Labute approximate surface area is 103 Å². The molecule has 0 saturated heterocycles. The van der Waals surface area contributed by atoms with Crippen molar-refractivity contribution in [2.75, 3.05) is 5.73 Å². The van der Waals surface area contributed by atoms with Crippen LogP contribution < -0.4 is 5.73 Å². The monoisotopic (exact) mass is 295 g/mol. The second-order valence-electron chi connectivity index (χ2n) is 3.24. The van der Waals surface area contributed by atoms with Crippen molar-refractivity contribution in [3.63, 3.8) is 0 Å². The predicted molar refractivity (Wildman–Crippen MR) is 66.2 cm³/mol. The van der Waals surface area contributed by atoms with Crippen LogP contribution in [0.25, 0.3) is 15.5 Å². The van der Waals surface area contributed by atoms with E-state index in [2.05, 4.69) is 31.2 Å². The Bertz CT molecular complexity index is 610. The fraction of sp³-hybridized carbons (Fsp3) is 0. The van der Waals surface area contributed by atoms with Gasteiger partial charge in [-0.3, -0.25) is 0 Å². The lowest BCUT2D eigenvalue weighted by Crippen LogP contribution is -1.87. The molecule has 3 aromatic rings. The minimum absolute atomic E-state index is 0.704. The van der Waals surface area contributed by atoms with Crippen LogP contribution in [0.1, 0.15) is 0 Å². The van der Waals surface area contributed by atoms with Crippen LogP contribution in [0.4, 0.5) is 5.69 Å². The molecule has 0 unspecified atom stereocenters. The number of fused-ring (bicyclic) bond motifs is 1. The van der Waals surface area contributed by atoms with Gasteiger partial charge in [0.05, 0.1) is 0 Å². The molecule has 7 heteroatoms. The summed E-state index contributed by atoms with van der Waals surface area (Å²) in [4.78, 5) is 0.772. The molecule has 0 spiro atoms. The molecule has 1 aromatic carbocycles. The first-order valence-corrected chi connectivity index (χ1v) is 6.06. The number of nitrogens with two attached hydrogens (primary N) is 1. The van der Waals surface area contributed by atoms with E-state index in [0.29, 0.717) is 5.69 Å². The highest BCUT2D eigenvalue weighted by Crippen LogP contribution is 2.29. The fourth-order valence-corrected chi connectivity index (χ4v) is 2.73. The van der Waals surface area contributed by atoms with Gasteiger partial charge in [-0.25, -0.2) is 0 Å². The fourth-order valence-electron chi connectivity index (χ4n) is 1.41. The first-order valence-electron chi connectivity index (χ1n) is 4.46. The SMILES string of the molecule is Nc1cc(Br)cc(-c2nn3cnnc3s2)c1. The van der Waals surface area contributed by atoms with Crippen molar-refractivity contribution in [2.45, 2.75) is 0 Å². The van der Waals surface area contributed by atoms with Gasteiger partial charge in [-0.15, -0.1) is 10.2 Å². The molecule has 80 valence electrons.